The molecular formula is C26H38N6O5. The van der Waals surface area contributed by atoms with Crippen molar-refractivity contribution in [1.82, 2.24) is 24.9 Å². The van der Waals surface area contributed by atoms with Gasteiger partial charge in [0.15, 0.2) is 5.75 Å². The summed E-state index contributed by atoms with van der Waals surface area (Å²) in [7, 11) is 3.37. The van der Waals surface area contributed by atoms with Crippen LogP contribution in [0.3, 0.4) is 0 Å². The van der Waals surface area contributed by atoms with Crippen LogP contribution < -0.4 is 15.4 Å². The van der Waals surface area contributed by atoms with E-state index in [1.54, 1.807) is 62.0 Å². The number of carbonyl (C=O) groups excluding carboxylic acids is 3. The lowest BCUT2D eigenvalue weighted by Gasteiger charge is -2.38. The number of nitrogens with zero attached hydrogens (tertiary/aromatic N) is 4. The molecule has 0 spiro atoms. The molecule has 1 aromatic heterocycles. The zero-order valence-corrected chi connectivity index (χ0v) is 22.6. The van der Waals surface area contributed by atoms with Gasteiger partial charge in [0.25, 0.3) is 11.8 Å². The number of anilines is 1. The topological polar surface area (TPSA) is 129 Å². The number of aliphatic hydroxyl groups is 1. The van der Waals surface area contributed by atoms with Crippen molar-refractivity contribution in [2.45, 2.75) is 52.8 Å². The van der Waals surface area contributed by atoms with Gasteiger partial charge in [-0.05, 0) is 45.9 Å². The molecule has 1 aliphatic rings. The summed E-state index contributed by atoms with van der Waals surface area (Å²) in [5, 5.41) is 19.8. The predicted octanol–water partition coefficient (Wildman–Crippen LogP) is 2.25. The van der Waals surface area contributed by atoms with E-state index in [1.165, 1.54) is 4.68 Å². The first-order chi connectivity index (χ1) is 17.4. The second kappa shape index (κ2) is 11.6. The maximum Gasteiger partial charge on any atom is 0.317 e. The monoisotopic (exact) mass is 514 g/mol. The first-order valence-electron chi connectivity index (χ1n) is 12.5. The third-order valence-corrected chi connectivity index (χ3v) is 6.39. The summed E-state index contributed by atoms with van der Waals surface area (Å²) in [5.41, 5.74) is 1.66. The highest BCUT2D eigenvalue weighted by Crippen LogP contribution is 2.35. The molecule has 202 valence electrons. The van der Waals surface area contributed by atoms with Crippen LogP contribution in [0.15, 0.2) is 24.3 Å². The number of aromatic nitrogens is 2. The van der Waals surface area contributed by atoms with E-state index in [1.807, 2.05) is 20.8 Å². The van der Waals surface area contributed by atoms with Gasteiger partial charge < -0.3 is 30.3 Å². The average molecular weight is 515 g/mol. The minimum atomic E-state index is -0.500. The molecule has 0 radical (unpaired) electrons. The number of rotatable bonds is 7. The molecule has 11 nitrogen and oxygen atoms in total. The summed E-state index contributed by atoms with van der Waals surface area (Å²) in [6, 6.07) is 5.96. The predicted molar refractivity (Wildman–Crippen MR) is 140 cm³/mol. The molecule has 3 N–H and O–H groups in total. The Bertz CT molecular complexity index is 1150. The summed E-state index contributed by atoms with van der Waals surface area (Å²) in [6.07, 6.45) is -0.500. The number of para-hydroxylation sites is 1. The van der Waals surface area contributed by atoms with E-state index in [0.717, 1.165) is 0 Å². The largest absolute Gasteiger partial charge is 0.485 e. The van der Waals surface area contributed by atoms with E-state index in [9.17, 15) is 19.5 Å². The molecule has 11 heteroatoms. The van der Waals surface area contributed by atoms with Gasteiger partial charge in [-0.15, -0.1) is 0 Å². The van der Waals surface area contributed by atoms with Crippen LogP contribution in [-0.2, 0) is 7.05 Å². The summed E-state index contributed by atoms with van der Waals surface area (Å²) in [4.78, 5) is 42.4. The van der Waals surface area contributed by atoms with Gasteiger partial charge in [-0.3, -0.25) is 14.3 Å². The second-order valence-corrected chi connectivity index (χ2v) is 10.0. The van der Waals surface area contributed by atoms with E-state index >= 15 is 0 Å². The molecule has 2 heterocycles. The molecule has 0 unspecified atom stereocenters. The minimum absolute atomic E-state index is 0.0256. The van der Waals surface area contributed by atoms with Crippen LogP contribution in [0.4, 0.5) is 10.5 Å². The van der Waals surface area contributed by atoms with Gasteiger partial charge in [0.1, 0.15) is 11.8 Å². The van der Waals surface area contributed by atoms with Crippen molar-refractivity contribution in [2.24, 2.45) is 13.0 Å². The molecular weight excluding hydrogens is 476 g/mol. The Labute approximate surface area is 217 Å². The third kappa shape index (κ3) is 6.40. The van der Waals surface area contributed by atoms with Crippen LogP contribution >= 0.6 is 0 Å². The number of hydrogen-bond acceptors (Lipinski definition) is 6. The molecule has 0 saturated heterocycles. The second-order valence-electron chi connectivity index (χ2n) is 10.0. The number of benzene rings is 1. The number of ether oxygens (including phenoxy) is 1. The highest BCUT2D eigenvalue weighted by Gasteiger charge is 2.35. The molecule has 0 fully saturated rings. The van der Waals surface area contributed by atoms with Crippen molar-refractivity contribution < 1.29 is 24.2 Å². The van der Waals surface area contributed by atoms with Gasteiger partial charge in [0, 0.05) is 32.6 Å². The quantitative estimate of drug-likeness (QED) is 0.520. The SMILES string of the molecule is Cc1cc(C(=O)Nc2cccc3c2O[C@@H](CN(C)C(=O)NC(C)C)[C@@H](C)CN([C@@H](C)CO)C3=O)n(C)n1. The highest BCUT2D eigenvalue weighted by atomic mass is 16.5. The van der Waals surface area contributed by atoms with E-state index in [2.05, 4.69) is 15.7 Å². The number of aliphatic hydroxyl groups excluding tert-OH is 1. The van der Waals surface area contributed by atoms with Crippen LogP contribution in [0.2, 0.25) is 0 Å². The number of hydrogen-bond donors (Lipinski definition) is 3. The van der Waals surface area contributed by atoms with Crippen molar-refractivity contribution >= 4 is 23.5 Å². The number of fused-ring (bicyclic) bond motifs is 1. The van der Waals surface area contributed by atoms with Gasteiger partial charge in [0.05, 0.1) is 36.1 Å². The van der Waals surface area contributed by atoms with Gasteiger partial charge in [-0.2, -0.15) is 5.10 Å². The number of likely N-dealkylation sites (N-methyl/N-ethyl adjacent to an activating group) is 1. The van der Waals surface area contributed by atoms with Crippen LogP contribution in [0, 0.1) is 12.8 Å². The van der Waals surface area contributed by atoms with Gasteiger partial charge in [-0.25, -0.2) is 4.79 Å². The van der Waals surface area contributed by atoms with E-state index in [0.29, 0.717) is 23.6 Å². The maximum atomic E-state index is 13.6. The lowest BCUT2D eigenvalue weighted by molar-refractivity contribution is 0.0368. The molecule has 1 aliphatic heterocycles. The summed E-state index contributed by atoms with van der Waals surface area (Å²) >= 11 is 0. The van der Waals surface area contributed by atoms with Crippen LogP contribution in [0.5, 0.6) is 5.75 Å². The van der Waals surface area contributed by atoms with Crippen molar-refractivity contribution in [3.8, 4) is 5.75 Å². The fraction of sp³-hybridized carbons (Fsp3) is 0.538. The Balaban J connectivity index is 2.02. The fourth-order valence-electron chi connectivity index (χ4n) is 4.28. The van der Waals surface area contributed by atoms with Crippen molar-refractivity contribution in [3.63, 3.8) is 0 Å². The number of carbonyl (C=O) groups is 3. The lowest BCUT2D eigenvalue weighted by Crippen LogP contribution is -2.51. The van der Waals surface area contributed by atoms with Gasteiger partial charge in [0.2, 0.25) is 0 Å². The first kappa shape index (κ1) is 28.0. The Morgan fingerprint density at radius 1 is 1.30 bits per heavy atom. The lowest BCUT2D eigenvalue weighted by atomic mass is 9.99. The number of amides is 4. The van der Waals surface area contributed by atoms with Crippen molar-refractivity contribution in [2.75, 3.05) is 32.1 Å². The van der Waals surface area contributed by atoms with Gasteiger partial charge >= 0.3 is 6.03 Å². The average Bonchev–Trinajstić information content (AvgIpc) is 3.18. The van der Waals surface area contributed by atoms with E-state index in [4.69, 9.17) is 4.74 Å². The summed E-state index contributed by atoms with van der Waals surface area (Å²) in [5.74, 6) is -0.665. The highest BCUT2D eigenvalue weighted by molar-refractivity contribution is 6.06. The smallest absolute Gasteiger partial charge is 0.317 e. The summed E-state index contributed by atoms with van der Waals surface area (Å²) in [6.45, 7) is 9.66. The molecule has 0 saturated carbocycles. The third-order valence-electron chi connectivity index (χ3n) is 6.39. The van der Waals surface area contributed by atoms with Crippen LogP contribution in [0.1, 0.15) is 54.2 Å². The normalized spacial score (nSPS) is 18.4. The summed E-state index contributed by atoms with van der Waals surface area (Å²) < 4.78 is 7.93. The maximum absolute atomic E-state index is 13.6. The minimum Gasteiger partial charge on any atom is -0.485 e. The number of aryl methyl sites for hydroxylation is 2. The Morgan fingerprint density at radius 3 is 2.59 bits per heavy atom. The Hall–Kier alpha value is -3.60. The fourth-order valence-corrected chi connectivity index (χ4v) is 4.28. The molecule has 3 atom stereocenters. The molecule has 37 heavy (non-hydrogen) atoms. The molecule has 0 aliphatic carbocycles. The Kier molecular flexibility index (Phi) is 8.80. The van der Waals surface area contributed by atoms with E-state index < -0.39 is 18.1 Å². The zero-order valence-electron chi connectivity index (χ0n) is 22.6. The number of urea groups is 1. The standard InChI is InChI=1S/C26H38N6O5/c1-15(2)27-26(36)30(6)13-22-16(3)12-32(18(5)14-33)25(35)19-9-8-10-20(23(19)37-22)28-24(34)21-11-17(4)29-31(21)7/h8-11,15-16,18,22,33H,12-14H2,1-7H3,(H,27,36)(H,28,34)/t16-,18-,22-/m0/s1. The van der Waals surface area contributed by atoms with Crippen molar-refractivity contribution in [3.05, 3.63) is 41.2 Å². The van der Waals surface area contributed by atoms with Crippen LogP contribution in [0.25, 0.3) is 0 Å². The first-order valence-corrected chi connectivity index (χ1v) is 12.5. The molecule has 1 aromatic carbocycles. The van der Waals surface area contributed by atoms with E-state index in [-0.39, 0.29) is 48.4 Å². The van der Waals surface area contributed by atoms with Crippen molar-refractivity contribution in [1.29, 1.82) is 0 Å². The molecule has 3 rings (SSSR count). The number of nitrogens with one attached hydrogen (secondary N) is 2. The van der Waals surface area contributed by atoms with Crippen LogP contribution in [-0.4, -0.2) is 87.5 Å². The Morgan fingerprint density at radius 2 is 2.00 bits per heavy atom. The molecule has 4 amide bonds. The zero-order chi connectivity index (χ0) is 27.4. The molecule has 2 aromatic rings. The molecule has 0 bridgehead atoms. The van der Waals surface area contributed by atoms with Gasteiger partial charge in [-0.1, -0.05) is 13.0 Å².